The number of halogens is 2. The van der Waals surface area contributed by atoms with Crippen LogP contribution in [0.15, 0.2) is 18.2 Å². The fraction of sp³-hybridized carbons (Fsp3) is 0.632. The first kappa shape index (κ1) is 24.1. The van der Waals surface area contributed by atoms with Gasteiger partial charge in [0.1, 0.15) is 0 Å². The highest BCUT2D eigenvalue weighted by atomic mass is 35.5. The summed E-state index contributed by atoms with van der Waals surface area (Å²) in [6, 6.07) is 4.68. The SMILES string of the molecule is CCCC[C@@H](CC)CNC(=O)CCCN(c1cc(Cl)ccc1Cl)S(C)(=O)=O. The van der Waals surface area contributed by atoms with Gasteiger partial charge in [-0.25, -0.2) is 8.42 Å². The zero-order valence-electron chi connectivity index (χ0n) is 16.3. The molecule has 0 unspecified atom stereocenters. The second kappa shape index (κ2) is 11.8. The molecular formula is C19H30Cl2N2O3S. The highest BCUT2D eigenvalue weighted by molar-refractivity contribution is 7.92. The van der Waals surface area contributed by atoms with E-state index in [1.165, 1.54) is 10.4 Å². The van der Waals surface area contributed by atoms with E-state index in [1.807, 2.05) is 0 Å². The molecule has 0 bridgehead atoms. The summed E-state index contributed by atoms with van der Waals surface area (Å²) in [5, 5.41) is 3.66. The van der Waals surface area contributed by atoms with Crippen LogP contribution in [0.4, 0.5) is 5.69 Å². The maximum atomic E-state index is 12.1. The van der Waals surface area contributed by atoms with E-state index in [2.05, 4.69) is 19.2 Å². The number of hydrogen-bond acceptors (Lipinski definition) is 3. The summed E-state index contributed by atoms with van der Waals surface area (Å²) in [4.78, 5) is 12.1. The minimum atomic E-state index is -3.54. The first-order valence-electron chi connectivity index (χ1n) is 9.38. The lowest BCUT2D eigenvalue weighted by molar-refractivity contribution is -0.121. The summed E-state index contributed by atoms with van der Waals surface area (Å²) in [6.07, 6.45) is 6.24. The van der Waals surface area contributed by atoms with Crippen molar-refractivity contribution in [3.63, 3.8) is 0 Å². The van der Waals surface area contributed by atoms with Crippen LogP contribution in [0.1, 0.15) is 52.4 Å². The molecule has 1 atom stereocenters. The highest BCUT2D eigenvalue weighted by Crippen LogP contribution is 2.30. The standard InChI is InChI=1S/C19H30Cl2N2O3S/c1-4-6-8-15(5-2)14-22-19(24)9-7-12-23(27(3,25)26)18-13-16(20)10-11-17(18)21/h10-11,13,15H,4-9,12,14H2,1-3H3,(H,22,24)/t15-/m1/s1. The van der Waals surface area contributed by atoms with Crippen molar-refractivity contribution >= 4 is 44.8 Å². The van der Waals surface area contributed by atoms with Crippen molar-refractivity contribution in [1.29, 1.82) is 0 Å². The van der Waals surface area contributed by atoms with E-state index >= 15 is 0 Å². The lowest BCUT2D eigenvalue weighted by Crippen LogP contribution is -2.33. The van der Waals surface area contributed by atoms with Crippen molar-refractivity contribution in [1.82, 2.24) is 5.32 Å². The smallest absolute Gasteiger partial charge is 0.232 e. The summed E-state index contributed by atoms with van der Waals surface area (Å²) in [5.74, 6) is 0.433. The Hall–Kier alpha value is -0.980. The minimum Gasteiger partial charge on any atom is -0.356 e. The topological polar surface area (TPSA) is 66.5 Å². The number of anilines is 1. The fourth-order valence-electron chi connectivity index (χ4n) is 2.81. The third-order valence-corrected chi connectivity index (χ3v) is 6.21. The van der Waals surface area contributed by atoms with Crippen LogP contribution in [0.2, 0.25) is 10.0 Å². The Morgan fingerprint density at radius 3 is 2.52 bits per heavy atom. The molecule has 0 radical (unpaired) electrons. The van der Waals surface area contributed by atoms with Crippen LogP contribution in [0.5, 0.6) is 0 Å². The molecule has 0 aromatic heterocycles. The maximum absolute atomic E-state index is 12.1. The fourth-order valence-corrected chi connectivity index (χ4v) is 4.22. The van der Waals surface area contributed by atoms with Crippen molar-refractivity contribution in [2.45, 2.75) is 52.4 Å². The monoisotopic (exact) mass is 436 g/mol. The molecule has 0 spiro atoms. The summed E-state index contributed by atoms with van der Waals surface area (Å²) >= 11 is 12.1. The van der Waals surface area contributed by atoms with E-state index in [0.717, 1.165) is 31.9 Å². The molecule has 1 amide bonds. The van der Waals surface area contributed by atoms with Crippen molar-refractivity contribution in [2.24, 2.45) is 5.92 Å². The molecule has 0 heterocycles. The van der Waals surface area contributed by atoms with Gasteiger partial charge in [-0.15, -0.1) is 0 Å². The van der Waals surface area contributed by atoms with Crippen LogP contribution in [-0.2, 0) is 14.8 Å². The molecular weight excluding hydrogens is 407 g/mol. The minimum absolute atomic E-state index is 0.0596. The molecule has 0 saturated heterocycles. The van der Waals surface area contributed by atoms with E-state index in [0.29, 0.717) is 34.6 Å². The number of nitrogens with zero attached hydrogens (tertiary/aromatic N) is 1. The number of nitrogens with one attached hydrogen (secondary N) is 1. The average molecular weight is 437 g/mol. The Bertz CT molecular complexity index is 711. The van der Waals surface area contributed by atoms with Crippen molar-refractivity contribution < 1.29 is 13.2 Å². The predicted octanol–water partition coefficient (Wildman–Crippen LogP) is 4.87. The third-order valence-electron chi connectivity index (χ3n) is 4.47. The lowest BCUT2D eigenvalue weighted by atomic mass is 9.99. The Kier molecular flexibility index (Phi) is 10.5. The van der Waals surface area contributed by atoms with E-state index in [9.17, 15) is 13.2 Å². The number of hydrogen-bond donors (Lipinski definition) is 1. The van der Waals surface area contributed by atoms with Gasteiger partial charge in [0.15, 0.2) is 0 Å². The van der Waals surface area contributed by atoms with Gasteiger partial charge in [-0.3, -0.25) is 9.10 Å². The first-order valence-corrected chi connectivity index (χ1v) is 12.0. The number of benzene rings is 1. The number of amides is 1. The predicted molar refractivity (Wildman–Crippen MR) is 114 cm³/mol. The molecule has 154 valence electrons. The molecule has 0 aliphatic rings. The van der Waals surface area contributed by atoms with Gasteiger partial charge in [0, 0.05) is 24.5 Å². The van der Waals surface area contributed by atoms with E-state index in [4.69, 9.17) is 23.2 Å². The molecule has 27 heavy (non-hydrogen) atoms. The van der Waals surface area contributed by atoms with Gasteiger partial charge < -0.3 is 5.32 Å². The highest BCUT2D eigenvalue weighted by Gasteiger charge is 2.20. The van der Waals surface area contributed by atoms with Gasteiger partial charge in [-0.05, 0) is 37.0 Å². The molecule has 0 fully saturated rings. The van der Waals surface area contributed by atoms with Crippen molar-refractivity contribution in [2.75, 3.05) is 23.7 Å². The molecule has 0 saturated carbocycles. The summed E-state index contributed by atoms with van der Waals surface area (Å²) < 4.78 is 25.5. The lowest BCUT2D eigenvalue weighted by Gasteiger charge is -2.23. The Labute approximate surface area is 173 Å². The Balaban J connectivity index is 2.60. The zero-order chi connectivity index (χ0) is 20.4. The zero-order valence-corrected chi connectivity index (χ0v) is 18.6. The van der Waals surface area contributed by atoms with Gasteiger partial charge in [-0.2, -0.15) is 0 Å². The van der Waals surface area contributed by atoms with Gasteiger partial charge in [0.25, 0.3) is 0 Å². The molecule has 1 N–H and O–H groups in total. The number of carbonyl (C=O) groups excluding carboxylic acids is 1. The van der Waals surface area contributed by atoms with E-state index < -0.39 is 10.0 Å². The van der Waals surface area contributed by atoms with Crippen LogP contribution >= 0.6 is 23.2 Å². The average Bonchev–Trinajstić information content (AvgIpc) is 2.60. The van der Waals surface area contributed by atoms with Crippen molar-refractivity contribution in [3.8, 4) is 0 Å². The van der Waals surface area contributed by atoms with Gasteiger partial charge >= 0.3 is 0 Å². The molecule has 1 rings (SSSR count). The number of rotatable bonds is 12. The molecule has 5 nitrogen and oxygen atoms in total. The Morgan fingerprint density at radius 1 is 1.22 bits per heavy atom. The van der Waals surface area contributed by atoms with Crippen LogP contribution in [0, 0.1) is 5.92 Å². The van der Waals surface area contributed by atoms with Gasteiger partial charge in [0.05, 0.1) is 17.0 Å². The molecule has 1 aromatic carbocycles. The second-order valence-corrected chi connectivity index (χ2v) is 9.51. The summed E-state index contributed by atoms with van der Waals surface area (Å²) in [5.41, 5.74) is 0.331. The molecule has 1 aromatic rings. The van der Waals surface area contributed by atoms with E-state index in [-0.39, 0.29) is 18.9 Å². The van der Waals surface area contributed by atoms with E-state index in [1.54, 1.807) is 12.1 Å². The summed E-state index contributed by atoms with van der Waals surface area (Å²) in [7, 11) is -3.54. The quantitative estimate of drug-likeness (QED) is 0.507. The molecule has 8 heteroatoms. The van der Waals surface area contributed by atoms with Crippen LogP contribution in [0.3, 0.4) is 0 Å². The molecule has 0 aliphatic heterocycles. The van der Waals surface area contributed by atoms with Gasteiger partial charge in [-0.1, -0.05) is 56.3 Å². The van der Waals surface area contributed by atoms with Crippen LogP contribution < -0.4 is 9.62 Å². The van der Waals surface area contributed by atoms with Crippen LogP contribution in [0.25, 0.3) is 0 Å². The number of sulfonamides is 1. The first-order chi connectivity index (χ1) is 12.7. The number of unbranched alkanes of at least 4 members (excludes halogenated alkanes) is 1. The Morgan fingerprint density at radius 2 is 1.93 bits per heavy atom. The third kappa shape index (κ3) is 8.71. The van der Waals surface area contributed by atoms with Crippen molar-refractivity contribution in [3.05, 3.63) is 28.2 Å². The largest absolute Gasteiger partial charge is 0.356 e. The summed E-state index contributed by atoms with van der Waals surface area (Å²) in [6.45, 7) is 5.13. The molecule has 0 aliphatic carbocycles. The van der Waals surface area contributed by atoms with Gasteiger partial charge in [0.2, 0.25) is 15.9 Å². The van der Waals surface area contributed by atoms with Crippen LogP contribution in [-0.4, -0.2) is 33.7 Å². The second-order valence-electron chi connectivity index (χ2n) is 6.75. The maximum Gasteiger partial charge on any atom is 0.232 e. The number of carbonyl (C=O) groups is 1. The normalized spacial score (nSPS) is 12.6.